The quantitative estimate of drug-likeness (QED) is 0.875. The van der Waals surface area contributed by atoms with Gasteiger partial charge in [0.05, 0.1) is 11.5 Å². The summed E-state index contributed by atoms with van der Waals surface area (Å²) in [7, 11) is 0. The number of carbonyl (C=O) groups is 1. The highest BCUT2D eigenvalue weighted by Crippen LogP contribution is 2.34. The monoisotopic (exact) mass is 262 g/mol. The van der Waals surface area contributed by atoms with Gasteiger partial charge < -0.3 is 15.8 Å². The van der Waals surface area contributed by atoms with Gasteiger partial charge in [-0.3, -0.25) is 4.79 Å². The van der Waals surface area contributed by atoms with E-state index in [0.29, 0.717) is 6.61 Å². The maximum Gasteiger partial charge on any atom is 0.228 e. The molecule has 19 heavy (non-hydrogen) atoms. The van der Waals surface area contributed by atoms with Gasteiger partial charge in [0.2, 0.25) is 5.91 Å². The first-order chi connectivity index (χ1) is 8.73. The Morgan fingerprint density at radius 3 is 2.58 bits per heavy atom. The van der Waals surface area contributed by atoms with Gasteiger partial charge in [-0.25, -0.2) is 0 Å². The molecule has 0 fully saturated rings. The van der Waals surface area contributed by atoms with E-state index in [-0.39, 0.29) is 11.9 Å². The summed E-state index contributed by atoms with van der Waals surface area (Å²) >= 11 is 0. The van der Waals surface area contributed by atoms with Crippen LogP contribution in [0.15, 0.2) is 24.3 Å². The molecule has 1 aromatic rings. The van der Waals surface area contributed by atoms with Gasteiger partial charge in [-0.1, -0.05) is 18.2 Å². The standard InChI is InChI=1S/C15H22N2O2/c1-14(2,15(3,4)16)13(18)17-11-9-19-12-8-6-5-7-10(11)12/h5-8,11H,9,16H2,1-4H3,(H,17,18). The van der Waals surface area contributed by atoms with Crippen LogP contribution in [0.3, 0.4) is 0 Å². The van der Waals surface area contributed by atoms with Crippen LogP contribution in [-0.2, 0) is 4.79 Å². The molecule has 0 radical (unpaired) electrons. The fourth-order valence-corrected chi connectivity index (χ4v) is 1.91. The molecule has 4 heteroatoms. The number of nitrogens with two attached hydrogens (primary N) is 1. The summed E-state index contributed by atoms with van der Waals surface area (Å²) in [6, 6.07) is 7.68. The largest absolute Gasteiger partial charge is 0.491 e. The number of fused-ring (bicyclic) bond motifs is 1. The first-order valence-electron chi connectivity index (χ1n) is 6.55. The van der Waals surface area contributed by atoms with E-state index in [1.54, 1.807) is 0 Å². The minimum absolute atomic E-state index is 0.0506. The Bertz CT molecular complexity index is 489. The Kier molecular flexibility index (Phi) is 3.31. The number of hydrogen-bond donors (Lipinski definition) is 2. The highest BCUT2D eigenvalue weighted by Gasteiger charge is 2.41. The second-order valence-corrected chi connectivity index (χ2v) is 6.22. The zero-order valence-corrected chi connectivity index (χ0v) is 12.0. The zero-order chi connectivity index (χ0) is 14.3. The molecule has 1 aliphatic rings. The number of carbonyl (C=O) groups excluding carboxylic acids is 1. The minimum Gasteiger partial charge on any atom is -0.491 e. The lowest BCUT2D eigenvalue weighted by atomic mass is 9.74. The molecule has 0 spiro atoms. The molecule has 1 unspecified atom stereocenters. The van der Waals surface area contributed by atoms with Crippen molar-refractivity contribution in [1.82, 2.24) is 5.32 Å². The molecule has 1 amide bonds. The van der Waals surface area contributed by atoms with Crippen LogP contribution in [0.1, 0.15) is 39.3 Å². The van der Waals surface area contributed by atoms with Gasteiger partial charge in [-0.15, -0.1) is 0 Å². The average Bonchev–Trinajstić information content (AvgIpc) is 2.71. The minimum atomic E-state index is -0.648. The van der Waals surface area contributed by atoms with Gasteiger partial charge in [0, 0.05) is 11.1 Å². The van der Waals surface area contributed by atoms with Crippen LogP contribution in [0.4, 0.5) is 0 Å². The maximum absolute atomic E-state index is 12.4. The highest BCUT2D eigenvalue weighted by atomic mass is 16.5. The Labute approximate surface area is 114 Å². The Morgan fingerprint density at radius 2 is 1.95 bits per heavy atom. The fraction of sp³-hybridized carbons (Fsp3) is 0.533. The van der Waals surface area contributed by atoms with Crippen molar-refractivity contribution < 1.29 is 9.53 Å². The summed E-state index contributed by atoms with van der Waals surface area (Å²) in [4.78, 5) is 12.4. The number of para-hydroxylation sites is 1. The van der Waals surface area contributed by atoms with Gasteiger partial charge in [0.25, 0.3) is 0 Å². The number of benzene rings is 1. The molecule has 1 aliphatic heterocycles. The van der Waals surface area contributed by atoms with E-state index in [4.69, 9.17) is 10.5 Å². The molecule has 1 aromatic carbocycles. The highest BCUT2D eigenvalue weighted by molar-refractivity contribution is 5.83. The molecule has 4 nitrogen and oxygen atoms in total. The van der Waals surface area contributed by atoms with Crippen LogP contribution in [0.5, 0.6) is 5.75 Å². The Hall–Kier alpha value is -1.55. The fourth-order valence-electron chi connectivity index (χ4n) is 1.91. The van der Waals surface area contributed by atoms with E-state index in [9.17, 15) is 4.79 Å². The smallest absolute Gasteiger partial charge is 0.228 e. The van der Waals surface area contributed by atoms with Gasteiger partial charge >= 0.3 is 0 Å². The van der Waals surface area contributed by atoms with Crippen LogP contribution >= 0.6 is 0 Å². The van der Waals surface area contributed by atoms with E-state index in [1.807, 2.05) is 52.0 Å². The number of hydrogen-bond acceptors (Lipinski definition) is 3. The van der Waals surface area contributed by atoms with Crippen LogP contribution in [0.25, 0.3) is 0 Å². The number of ether oxygens (including phenoxy) is 1. The molecule has 1 atom stereocenters. The van der Waals surface area contributed by atoms with E-state index in [0.717, 1.165) is 11.3 Å². The summed E-state index contributed by atoms with van der Waals surface area (Å²) in [6.07, 6.45) is 0. The summed E-state index contributed by atoms with van der Waals surface area (Å²) in [5, 5.41) is 3.04. The van der Waals surface area contributed by atoms with Crippen molar-refractivity contribution in [3.05, 3.63) is 29.8 Å². The van der Waals surface area contributed by atoms with E-state index in [2.05, 4.69) is 5.32 Å². The van der Waals surface area contributed by atoms with Gasteiger partial charge in [-0.2, -0.15) is 0 Å². The number of amides is 1. The van der Waals surface area contributed by atoms with E-state index in [1.165, 1.54) is 0 Å². The maximum atomic E-state index is 12.4. The van der Waals surface area contributed by atoms with Crippen LogP contribution in [-0.4, -0.2) is 18.1 Å². The lowest BCUT2D eigenvalue weighted by Crippen LogP contribution is -2.56. The van der Waals surface area contributed by atoms with Crippen molar-refractivity contribution in [2.75, 3.05) is 6.61 Å². The normalized spacial score (nSPS) is 18.7. The molecule has 3 N–H and O–H groups in total. The van der Waals surface area contributed by atoms with E-state index < -0.39 is 11.0 Å². The molecule has 0 aliphatic carbocycles. The van der Waals surface area contributed by atoms with Crippen molar-refractivity contribution in [2.45, 2.75) is 39.3 Å². The SMILES string of the molecule is CC(C)(N)C(C)(C)C(=O)NC1COc2ccccc21. The third-order valence-corrected chi connectivity index (χ3v) is 4.18. The molecular formula is C15H22N2O2. The molecular weight excluding hydrogens is 240 g/mol. The molecule has 0 bridgehead atoms. The third-order valence-electron chi connectivity index (χ3n) is 4.18. The number of rotatable bonds is 3. The van der Waals surface area contributed by atoms with Crippen molar-refractivity contribution in [3.63, 3.8) is 0 Å². The molecule has 104 valence electrons. The summed E-state index contributed by atoms with van der Waals surface area (Å²) in [5.74, 6) is 0.794. The number of nitrogens with one attached hydrogen (secondary N) is 1. The average molecular weight is 262 g/mol. The van der Waals surface area contributed by atoms with Crippen LogP contribution in [0, 0.1) is 5.41 Å². The lowest BCUT2D eigenvalue weighted by molar-refractivity contribution is -0.133. The van der Waals surface area contributed by atoms with Gasteiger partial charge in [0.15, 0.2) is 0 Å². The third kappa shape index (κ3) is 2.45. The topological polar surface area (TPSA) is 64.4 Å². The molecule has 0 aromatic heterocycles. The van der Waals surface area contributed by atoms with Crippen LogP contribution in [0.2, 0.25) is 0 Å². The first-order valence-corrected chi connectivity index (χ1v) is 6.55. The summed E-state index contributed by atoms with van der Waals surface area (Å²) < 4.78 is 5.56. The Balaban J connectivity index is 2.14. The molecule has 0 saturated carbocycles. The van der Waals surface area contributed by atoms with Gasteiger partial charge in [-0.05, 0) is 33.8 Å². The molecule has 1 heterocycles. The molecule has 2 rings (SSSR count). The van der Waals surface area contributed by atoms with Crippen molar-refractivity contribution >= 4 is 5.91 Å². The van der Waals surface area contributed by atoms with Gasteiger partial charge in [0.1, 0.15) is 12.4 Å². The first kappa shape index (κ1) is 13.9. The van der Waals surface area contributed by atoms with Crippen molar-refractivity contribution in [2.24, 2.45) is 11.1 Å². The Morgan fingerprint density at radius 1 is 1.32 bits per heavy atom. The zero-order valence-electron chi connectivity index (χ0n) is 12.0. The second-order valence-electron chi connectivity index (χ2n) is 6.22. The van der Waals surface area contributed by atoms with Crippen LogP contribution < -0.4 is 15.8 Å². The van der Waals surface area contributed by atoms with Crippen molar-refractivity contribution in [3.8, 4) is 5.75 Å². The van der Waals surface area contributed by atoms with E-state index >= 15 is 0 Å². The second kappa shape index (κ2) is 4.53. The molecule has 0 saturated heterocycles. The van der Waals surface area contributed by atoms with Crippen molar-refractivity contribution in [1.29, 1.82) is 0 Å². The summed E-state index contributed by atoms with van der Waals surface area (Å²) in [5.41, 5.74) is 5.88. The predicted octanol–water partition coefficient (Wildman–Crippen LogP) is 2.00. The predicted molar refractivity (Wildman–Crippen MR) is 74.9 cm³/mol. The summed E-state index contributed by atoms with van der Waals surface area (Å²) in [6.45, 7) is 7.94. The lowest BCUT2D eigenvalue weighted by Gasteiger charge is -2.37.